The van der Waals surface area contributed by atoms with Gasteiger partial charge in [0.05, 0.1) is 30.1 Å². The Labute approximate surface area is 180 Å². The standard InChI is InChI=1S/C22H19N3O.2C2H6/c1-15(17-7-10-20(26-2)11-8-17)25-22-13-19(9-12-21(22)24)18-5-3-16(14-23)4-6-18;2*1-2/h3-13,25H,1,24H2,2H3;2*1-2H3. The van der Waals surface area contributed by atoms with Crippen molar-refractivity contribution >= 4 is 17.1 Å². The van der Waals surface area contributed by atoms with Crippen LogP contribution in [0.25, 0.3) is 16.8 Å². The number of anilines is 2. The maximum Gasteiger partial charge on any atom is 0.118 e. The Morgan fingerprint density at radius 1 is 0.900 bits per heavy atom. The third-order valence-corrected chi connectivity index (χ3v) is 4.12. The molecule has 0 saturated carbocycles. The normalized spacial score (nSPS) is 9.07. The second-order valence-electron chi connectivity index (χ2n) is 5.82. The van der Waals surface area contributed by atoms with E-state index in [2.05, 4.69) is 18.0 Å². The average molecular weight is 402 g/mol. The van der Waals surface area contributed by atoms with Gasteiger partial charge in [-0.05, 0) is 65.2 Å². The van der Waals surface area contributed by atoms with Gasteiger partial charge in [-0.1, -0.05) is 52.5 Å². The lowest BCUT2D eigenvalue weighted by Crippen LogP contribution is -2.01. The van der Waals surface area contributed by atoms with Gasteiger partial charge in [-0.25, -0.2) is 0 Å². The molecule has 0 amide bonds. The first-order valence-electron chi connectivity index (χ1n) is 10.1. The summed E-state index contributed by atoms with van der Waals surface area (Å²) >= 11 is 0. The molecule has 0 radical (unpaired) electrons. The molecule has 0 heterocycles. The van der Waals surface area contributed by atoms with Crippen LogP contribution in [0.1, 0.15) is 38.8 Å². The fourth-order valence-electron chi connectivity index (χ4n) is 2.61. The Morgan fingerprint density at radius 3 is 2.00 bits per heavy atom. The van der Waals surface area contributed by atoms with E-state index in [1.807, 2.05) is 82.3 Å². The zero-order chi connectivity index (χ0) is 22.5. The van der Waals surface area contributed by atoms with Crippen molar-refractivity contribution in [3.8, 4) is 22.9 Å². The van der Waals surface area contributed by atoms with Gasteiger partial charge < -0.3 is 15.8 Å². The van der Waals surface area contributed by atoms with Gasteiger partial charge >= 0.3 is 0 Å². The molecule has 0 fully saturated rings. The summed E-state index contributed by atoms with van der Waals surface area (Å²) in [5, 5.41) is 12.2. The topological polar surface area (TPSA) is 71.1 Å². The van der Waals surface area contributed by atoms with Crippen LogP contribution < -0.4 is 15.8 Å². The SMILES string of the molecule is C=C(Nc1cc(-c2ccc(C#N)cc2)ccc1N)c1ccc(OC)cc1.CC.CC. The summed E-state index contributed by atoms with van der Waals surface area (Å²) in [4.78, 5) is 0. The van der Waals surface area contributed by atoms with E-state index in [0.717, 1.165) is 33.8 Å². The molecule has 0 atom stereocenters. The molecule has 4 nitrogen and oxygen atoms in total. The maximum absolute atomic E-state index is 8.93. The van der Waals surface area contributed by atoms with Crippen LogP contribution in [0.2, 0.25) is 0 Å². The molecule has 0 saturated heterocycles. The predicted octanol–water partition coefficient (Wildman–Crippen LogP) is 6.95. The molecule has 3 aromatic carbocycles. The van der Waals surface area contributed by atoms with E-state index in [9.17, 15) is 0 Å². The van der Waals surface area contributed by atoms with Crippen LogP contribution in [0, 0.1) is 11.3 Å². The molecule has 30 heavy (non-hydrogen) atoms. The smallest absolute Gasteiger partial charge is 0.118 e. The van der Waals surface area contributed by atoms with Crippen molar-refractivity contribution in [2.45, 2.75) is 27.7 Å². The van der Waals surface area contributed by atoms with E-state index >= 15 is 0 Å². The molecule has 3 N–H and O–H groups in total. The van der Waals surface area contributed by atoms with Crippen molar-refractivity contribution in [3.05, 3.63) is 84.4 Å². The summed E-state index contributed by atoms with van der Waals surface area (Å²) in [5.74, 6) is 0.795. The monoisotopic (exact) mass is 401 g/mol. The lowest BCUT2D eigenvalue weighted by molar-refractivity contribution is 0.415. The zero-order valence-electron chi connectivity index (χ0n) is 18.5. The van der Waals surface area contributed by atoms with Crippen molar-refractivity contribution in [1.82, 2.24) is 0 Å². The Hall–Kier alpha value is -3.71. The van der Waals surface area contributed by atoms with E-state index in [4.69, 9.17) is 15.7 Å². The lowest BCUT2D eigenvalue weighted by atomic mass is 10.0. The van der Waals surface area contributed by atoms with Crippen LogP contribution in [0.3, 0.4) is 0 Å². The van der Waals surface area contributed by atoms with Crippen molar-refractivity contribution in [3.63, 3.8) is 0 Å². The first-order chi connectivity index (χ1) is 14.6. The highest BCUT2D eigenvalue weighted by molar-refractivity contribution is 5.84. The molecule has 0 aliphatic rings. The second-order valence-corrected chi connectivity index (χ2v) is 5.82. The summed E-state index contributed by atoms with van der Waals surface area (Å²) in [6.07, 6.45) is 0. The minimum Gasteiger partial charge on any atom is -0.497 e. The van der Waals surface area contributed by atoms with Crippen molar-refractivity contribution in [2.75, 3.05) is 18.2 Å². The van der Waals surface area contributed by atoms with Crippen molar-refractivity contribution in [2.24, 2.45) is 0 Å². The number of nitrogens with two attached hydrogens (primary N) is 1. The lowest BCUT2D eigenvalue weighted by Gasteiger charge is -2.14. The molecule has 3 rings (SSSR count). The fourth-order valence-corrected chi connectivity index (χ4v) is 2.61. The molecule has 0 aliphatic heterocycles. The predicted molar refractivity (Wildman–Crippen MR) is 129 cm³/mol. The molecule has 156 valence electrons. The Kier molecular flexibility index (Phi) is 10.3. The van der Waals surface area contributed by atoms with Crippen LogP contribution in [0.4, 0.5) is 11.4 Å². The number of benzene rings is 3. The molecule has 4 heteroatoms. The molecule has 0 spiro atoms. The first-order valence-corrected chi connectivity index (χ1v) is 10.1. The average Bonchev–Trinajstić information content (AvgIpc) is 2.83. The van der Waals surface area contributed by atoms with Crippen molar-refractivity contribution < 1.29 is 4.74 Å². The highest BCUT2D eigenvalue weighted by Crippen LogP contribution is 2.30. The molecule has 0 bridgehead atoms. The fraction of sp³-hybridized carbons (Fsp3) is 0.192. The molecule has 0 aliphatic carbocycles. The number of nitrogens with one attached hydrogen (secondary N) is 1. The summed E-state index contributed by atoms with van der Waals surface area (Å²) in [7, 11) is 1.64. The number of rotatable bonds is 5. The summed E-state index contributed by atoms with van der Waals surface area (Å²) < 4.78 is 5.18. The first kappa shape index (κ1) is 24.3. The minimum atomic E-state index is 0.635. The number of nitriles is 1. The van der Waals surface area contributed by atoms with Gasteiger partial charge in [0.15, 0.2) is 0 Å². The van der Waals surface area contributed by atoms with Crippen molar-refractivity contribution in [1.29, 1.82) is 5.26 Å². The molecule has 0 aromatic heterocycles. The summed E-state index contributed by atoms with van der Waals surface area (Å²) in [5.41, 5.74) is 11.9. The molecular weight excluding hydrogens is 370 g/mol. The minimum absolute atomic E-state index is 0.635. The van der Waals surface area contributed by atoms with Gasteiger partial charge in [0, 0.05) is 5.70 Å². The van der Waals surface area contributed by atoms with E-state index in [1.165, 1.54) is 0 Å². The van der Waals surface area contributed by atoms with Crippen LogP contribution in [-0.4, -0.2) is 7.11 Å². The molecular formula is C26H31N3O. The Morgan fingerprint density at radius 2 is 1.47 bits per heavy atom. The van der Waals surface area contributed by atoms with Crippen LogP contribution in [0.15, 0.2) is 73.3 Å². The highest BCUT2D eigenvalue weighted by Gasteiger charge is 2.06. The molecule has 3 aromatic rings. The van der Waals surface area contributed by atoms with Gasteiger partial charge in [0.1, 0.15) is 5.75 Å². The van der Waals surface area contributed by atoms with Gasteiger partial charge in [0.25, 0.3) is 0 Å². The summed E-state index contributed by atoms with van der Waals surface area (Å²) in [6, 6.07) is 23.0. The molecule has 0 unspecified atom stereocenters. The second kappa shape index (κ2) is 12.7. The Balaban J connectivity index is 0.00000106. The van der Waals surface area contributed by atoms with E-state index in [-0.39, 0.29) is 0 Å². The maximum atomic E-state index is 8.93. The van der Waals surface area contributed by atoms with Gasteiger partial charge in [-0.3, -0.25) is 0 Å². The number of nitrogen functional groups attached to an aromatic ring is 1. The number of hydrogen-bond acceptors (Lipinski definition) is 4. The van der Waals surface area contributed by atoms with E-state index in [1.54, 1.807) is 19.2 Å². The third-order valence-electron chi connectivity index (χ3n) is 4.12. The van der Waals surface area contributed by atoms with Gasteiger partial charge in [-0.15, -0.1) is 0 Å². The number of hydrogen-bond donors (Lipinski definition) is 2. The highest BCUT2D eigenvalue weighted by atomic mass is 16.5. The van der Waals surface area contributed by atoms with E-state index in [0.29, 0.717) is 11.3 Å². The quantitative estimate of drug-likeness (QED) is 0.454. The Bertz CT molecular complexity index is 969. The largest absolute Gasteiger partial charge is 0.497 e. The number of methoxy groups -OCH3 is 1. The van der Waals surface area contributed by atoms with E-state index < -0.39 is 0 Å². The number of ether oxygens (including phenoxy) is 1. The van der Waals surface area contributed by atoms with Crippen LogP contribution in [-0.2, 0) is 0 Å². The van der Waals surface area contributed by atoms with Crippen LogP contribution in [0.5, 0.6) is 5.75 Å². The van der Waals surface area contributed by atoms with Gasteiger partial charge in [0.2, 0.25) is 0 Å². The zero-order valence-corrected chi connectivity index (χ0v) is 18.5. The summed E-state index contributed by atoms with van der Waals surface area (Å²) in [6.45, 7) is 12.1. The van der Waals surface area contributed by atoms with Crippen LogP contribution >= 0.6 is 0 Å². The van der Waals surface area contributed by atoms with Gasteiger partial charge in [-0.2, -0.15) is 5.26 Å². The number of nitrogens with zero attached hydrogens (tertiary/aromatic N) is 1. The third kappa shape index (κ3) is 6.42.